The lowest BCUT2D eigenvalue weighted by Gasteiger charge is -2.05. The van der Waals surface area contributed by atoms with Crippen LogP contribution < -0.4 is 5.32 Å². The van der Waals surface area contributed by atoms with Gasteiger partial charge in [-0.2, -0.15) is 0 Å². The highest BCUT2D eigenvalue weighted by Crippen LogP contribution is 2.31. The zero-order valence-corrected chi connectivity index (χ0v) is 17.6. The van der Waals surface area contributed by atoms with E-state index in [9.17, 15) is 4.79 Å². The quantitative estimate of drug-likeness (QED) is 0.446. The Balaban J connectivity index is 1.46. The molecule has 1 N–H and O–H groups in total. The zero-order chi connectivity index (χ0) is 19.5. The third-order valence-corrected chi connectivity index (χ3v) is 7.05. The van der Waals surface area contributed by atoms with E-state index in [1.54, 1.807) is 29.3 Å². The van der Waals surface area contributed by atoms with E-state index in [2.05, 4.69) is 20.3 Å². The summed E-state index contributed by atoms with van der Waals surface area (Å²) in [4.78, 5) is 27.6. The normalized spacial score (nSPS) is 10.8. The van der Waals surface area contributed by atoms with Gasteiger partial charge < -0.3 is 5.32 Å². The van der Waals surface area contributed by atoms with Gasteiger partial charge in [0, 0.05) is 27.9 Å². The molecule has 0 saturated carbocycles. The lowest BCUT2D eigenvalue weighted by Crippen LogP contribution is -2.11. The summed E-state index contributed by atoms with van der Waals surface area (Å²) in [6.07, 6.45) is 1.72. The number of hydrogen-bond acceptors (Lipinski definition) is 7. The van der Waals surface area contributed by atoms with E-state index < -0.39 is 0 Å². The van der Waals surface area contributed by atoms with Gasteiger partial charge in [-0.3, -0.25) is 9.78 Å². The number of carbonyl (C=O) groups excluding carboxylic acids is 1. The fraction of sp³-hybridized carbons (Fsp3) is 0.100. The summed E-state index contributed by atoms with van der Waals surface area (Å²) < 4.78 is 1.01. The summed E-state index contributed by atoms with van der Waals surface area (Å²) in [5, 5.41) is 5.73. The molecule has 0 bridgehead atoms. The average Bonchev–Trinajstić information content (AvgIpc) is 3.29. The van der Waals surface area contributed by atoms with E-state index in [-0.39, 0.29) is 5.91 Å². The van der Waals surface area contributed by atoms with Crippen molar-refractivity contribution in [3.05, 3.63) is 70.3 Å². The van der Waals surface area contributed by atoms with Crippen LogP contribution in [-0.4, -0.2) is 20.9 Å². The highest BCUT2D eigenvalue weighted by atomic mass is 32.2. The Morgan fingerprint density at radius 3 is 2.57 bits per heavy atom. The first-order chi connectivity index (χ1) is 13.6. The van der Waals surface area contributed by atoms with E-state index in [1.165, 1.54) is 11.3 Å². The van der Waals surface area contributed by atoms with Crippen molar-refractivity contribution in [3.8, 4) is 10.7 Å². The molecule has 4 aromatic rings. The molecular formula is C20H16N4OS3. The molecule has 28 heavy (non-hydrogen) atoms. The first-order valence-corrected chi connectivity index (χ1v) is 11.0. The van der Waals surface area contributed by atoms with Gasteiger partial charge in [0.05, 0.1) is 11.4 Å². The Morgan fingerprint density at radius 2 is 1.89 bits per heavy atom. The fourth-order valence-electron chi connectivity index (χ4n) is 2.48. The topological polar surface area (TPSA) is 67.8 Å². The van der Waals surface area contributed by atoms with E-state index in [0.29, 0.717) is 10.6 Å². The first-order valence-electron chi connectivity index (χ1n) is 8.49. The summed E-state index contributed by atoms with van der Waals surface area (Å²) in [5.41, 5.74) is 3.25. The minimum absolute atomic E-state index is 0.159. The molecule has 3 aromatic heterocycles. The minimum atomic E-state index is -0.159. The number of aryl methyl sites for hydroxylation is 2. The number of hydrogen-bond donors (Lipinski definition) is 1. The zero-order valence-electron chi connectivity index (χ0n) is 15.2. The van der Waals surface area contributed by atoms with Crippen LogP contribution >= 0.6 is 34.4 Å². The van der Waals surface area contributed by atoms with Crippen molar-refractivity contribution in [1.82, 2.24) is 15.0 Å². The largest absolute Gasteiger partial charge is 0.321 e. The number of nitrogens with one attached hydrogen (secondary N) is 1. The molecule has 0 radical (unpaired) electrons. The number of rotatable bonds is 5. The average molecular weight is 425 g/mol. The number of amides is 1. The lowest BCUT2D eigenvalue weighted by molar-refractivity contribution is 0.103. The van der Waals surface area contributed by atoms with Crippen LogP contribution in [0.5, 0.6) is 0 Å². The van der Waals surface area contributed by atoms with Crippen molar-refractivity contribution in [2.24, 2.45) is 0 Å². The van der Waals surface area contributed by atoms with Crippen LogP contribution in [0.1, 0.15) is 21.1 Å². The Morgan fingerprint density at radius 1 is 1.07 bits per heavy atom. The summed E-state index contributed by atoms with van der Waals surface area (Å²) >= 11 is 4.60. The number of nitrogens with zero attached hydrogens (tertiary/aromatic N) is 3. The summed E-state index contributed by atoms with van der Waals surface area (Å²) in [5.74, 6) is -0.159. The number of carbonyl (C=O) groups is 1. The molecule has 1 amide bonds. The third-order valence-electron chi connectivity index (χ3n) is 3.80. The van der Waals surface area contributed by atoms with Gasteiger partial charge in [-0.05, 0) is 50.2 Å². The van der Waals surface area contributed by atoms with Gasteiger partial charge in [-0.15, -0.1) is 22.7 Å². The maximum absolute atomic E-state index is 12.7. The highest BCUT2D eigenvalue weighted by Gasteiger charge is 2.17. The fourth-order valence-corrected chi connectivity index (χ4v) is 5.23. The van der Waals surface area contributed by atoms with E-state index in [4.69, 9.17) is 0 Å². The van der Waals surface area contributed by atoms with Gasteiger partial charge in [0.25, 0.3) is 5.91 Å². The van der Waals surface area contributed by atoms with Crippen molar-refractivity contribution >= 4 is 46.0 Å². The number of pyridine rings is 1. The minimum Gasteiger partial charge on any atom is -0.321 e. The van der Waals surface area contributed by atoms with Crippen molar-refractivity contribution in [3.63, 3.8) is 0 Å². The molecular weight excluding hydrogens is 408 g/mol. The Labute approximate surface area is 174 Å². The van der Waals surface area contributed by atoms with Gasteiger partial charge in [0.2, 0.25) is 0 Å². The van der Waals surface area contributed by atoms with Crippen LogP contribution in [0.2, 0.25) is 0 Å². The molecule has 0 atom stereocenters. The van der Waals surface area contributed by atoms with Crippen LogP contribution in [0.25, 0.3) is 10.7 Å². The summed E-state index contributed by atoms with van der Waals surface area (Å²) in [6, 6.07) is 13.4. The molecule has 0 aliphatic rings. The van der Waals surface area contributed by atoms with Crippen LogP contribution in [0.4, 0.5) is 5.69 Å². The molecule has 3 heterocycles. The maximum Gasteiger partial charge on any atom is 0.267 e. The number of benzene rings is 1. The van der Waals surface area contributed by atoms with Crippen molar-refractivity contribution in [2.45, 2.75) is 23.1 Å². The molecule has 4 rings (SSSR count). The Bertz CT molecular complexity index is 1100. The number of aromatic nitrogens is 3. The molecule has 1 aromatic carbocycles. The van der Waals surface area contributed by atoms with Crippen molar-refractivity contribution < 1.29 is 4.79 Å². The second-order valence-electron chi connectivity index (χ2n) is 5.98. The third kappa shape index (κ3) is 4.30. The molecule has 0 spiro atoms. The predicted octanol–water partition coefficient (Wildman–Crippen LogP) is 5.68. The molecule has 0 aliphatic heterocycles. The van der Waals surface area contributed by atoms with Gasteiger partial charge in [0.1, 0.15) is 9.88 Å². The molecule has 0 fully saturated rings. The van der Waals surface area contributed by atoms with Crippen LogP contribution in [0.3, 0.4) is 0 Å². The van der Waals surface area contributed by atoms with E-state index >= 15 is 0 Å². The Kier molecular flexibility index (Phi) is 5.52. The van der Waals surface area contributed by atoms with Crippen molar-refractivity contribution in [2.75, 3.05) is 5.32 Å². The smallest absolute Gasteiger partial charge is 0.267 e. The van der Waals surface area contributed by atoms with E-state index in [0.717, 1.165) is 31.3 Å². The van der Waals surface area contributed by atoms with Crippen molar-refractivity contribution in [1.29, 1.82) is 0 Å². The van der Waals surface area contributed by atoms with E-state index in [1.807, 2.05) is 61.7 Å². The van der Waals surface area contributed by atoms with Gasteiger partial charge in [-0.1, -0.05) is 17.8 Å². The second kappa shape index (κ2) is 8.22. The molecule has 0 unspecified atom stereocenters. The predicted molar refractivity (Wildman–Crippen MR) is 115 cm³/mol. The van der Waals surface area contributed by atoms with Gasteiger partial charge >= 0.3 is 0 Å². The van der Waals surface area contributed by atoms with Gasteiger partial charge in [-0.25, -0.2) is 9.97 Å². The van der Waals surface area contributed by atoms with Gasteiger partial charge in [0.15, 0.2) is 4.34 Å². The summed E-state index contributed by atoms with van der Waals surface area (Å²) in [7, 11) is 0. The van der Waals surface area contributed by atoms with Crippen LogP contribution in [0, 0.1) is 13.8 Å². The molecule has 140 valence electrons. The lowest BCUT2D eigenvalue weighted by atomic mass is 10.3. The summed E-state index contributed by atoms with van der Waals surface area (Å²) in [6.45, 7) is 3.83. The molecule has 0 aliphatic carbocycles. The standard InChI is InChI=1S/C20H16N4OS3/c1-12-11-26-20(22-12)27-15-8-6-14(7-9-15)24-18(25)17-13(2)23-19(28-17)16-5-3-4-10-21-16/h3-11H,1-2H3,(H,24,25). The maximum atomic E-state index is 12.7. The van der Waals surface area contributed by atoms with Crippen LogP contribution in [-0.2, 0) is 0 Å². The number of thiazole rings is 2. The SMILES string of the molecule is Cc1csc(Sc2ccc(NC(=O)c3sc(-c4ccccn4)nc3C)cc2)n1. The van der Waals surface area contributed by atoms with Crippen LogP contribution in [0.15, 0.2) is 63.3 Å². The molecule has 5 nitrogen and oxygen atoms in total. The molecule has 8 heteroatoms. The second-order valence-corrected chi connectivity index (χ2v) is 9.16. The molecule has 0 saturated heterocycles. The first kappa shape index (κ1) is 18.8. The highest BCUT2D eigenvalue weighted by molar-refractivity contribution is 8.01. The monoisotopic (exact) mass is 424 g/mol. The number of anilines is 1. The Hall–Kier alpha value is -2.55.